The van der Waals surface area contributed by atoms with Gasteiger partial charge in [0.2, 0.25) is 17.7 Å². The van der Waals surface area contributed by atoms with E-state index >= 15 is 0 Å². The summed E-state index contributed by atoms with van der Waals surface area (Å²) in [4.78, 5) is 14.1. The van der Waals surface area contributed by atoms with E-state index in [-0.39, 0.29) is 29.9 Å². The van der Waals surface area contributed by atoms with Gasteiger partial charge in [0, 0.05) is 36.0 Å². The molecule has 1 aromatic heterocycles. The molecule has 2 heterocycles. The summed E-state index contributed by atoms with van der Waals surface area (Å²) in [5, 5.41) is 8.59. The van der Waals surface area contributed by atoms with Crippen LogP contribution in [-0.2, 0) is 21.1 Å². The topological polar surface area (TPSA) is 93.4 Å². The first-order valence-corrected chi connectivity index (χ1v) is 10.7. The van der Waals surface area contributed by atoms with Gasteiger partial charge in [-0.3, -0.25) is 4.79 Å². The predicted octanol–water partition coefficient (Wildman–Crippen LogP) is 2.36. The van der Waals surface area contributed by atoms with Crippen LogP contribution < -0.4 is 0 Å². The van der Waals surface area contributed by atoms with Crippen LogP contribution >= 0.6 is 11.6 Å². The molecule has 1 saturated heterocycles. The van der Waals surface area contributed by atoms with Crippen LogP contribution in [0, 0.1) is 0 Å². The molecule has 0 saturated carbocycles. The fourth-order valence-electron chi connectivity index (χ4n) is 3.08. The zero-order chi connectivity index (χ0) is 18.7. The molecule has 1 aliphatic rings. The first-order valence-electron chi connectivity index (χ1n) is 8.46. The van der Waals surface area contributed by atoms with Crippen molar-refractivity contribution in [3.63, 3.8) is 0 Å². The first kappa shape index (κ1) is 18.8. The lowest BCUT2D eigenvalue weighted by atomic mass is 10.2. The van der Waals surface area contributed by atoms with Crippen LogP contribution in [0.15, 0.2) is 28.7 Å². The summed E-state index contributed by atoms with van der Waals surface area (Å²) >= 11 is 5.86. The van der Waals surface area contributed by atoms with E-state index in [1.165, 1.54) is 0 Å². The Hall–Kier alpha value is -1.93. The minimum absolute atomic E-state index is 0.0495. The number of amides is 1. The van der Waals surface area contributed by atoms with Crippen LogP contribution in [0.25, 0.3) is 11.5 Å². The molecule has 7 nitrogen and oxygen atoms in total. The van der Waals surface area contributed by atoms with Gasteiger partial charge in [0.25, 0.3) is 0 Å². The molecule has 0 N–H and O–H groups in total. The van der Waals surface area contributed by atoms with Crippen molar-refractivity contribution in [2.45, 2.75) is 32.2 Å². The normalized spacial score (nSPS) is 18.8. The molecule has 2 aromatic rings. The van der Waals surface area contributed by atoms with Crippen LogP contribution in [-0.4, -0.2) is 53.5 Å². The molecule has 0 spiro atoms. The number of benzene rings is 1. The molecule has 26 heavy (non-hydrogen) atoms. The van der Waals surface area contributed by atoms with Crippen molar-refractivity contribution >= 4 is 27.3 Å². The van der Waals surface area contributed by atoms with Gasteiger partial charge in [-0.25, -0.2) is 8.42 Å². The lowest BCUT2D eigenvalue weighted by Crippen LogP contribution is -2.41. The van der Waals surface area contributed by atoms with E-state index in [0.717, 1.165) is 5.56 Å². The molecule has 1 unspecified atom stereocenters. The summed E-state index contributed by atoms with van der Waals surface area (Å²) in [6, 6.07) is 6.80. The number of aromatic nitrogens is 2. The van der Waals surface area contributed by atoms with E-state index in [1.807, 2.05) is 6.92 Å². The third kappa shape index (κ3) is 4.42. The summed E-state index contributed by atoms with van der Waals surface area (Å²) < 4.78 is 28.9. The smallest absolute Gasteiger partial charge is 0.247 e. The second kappa shape index (κ2) is 7.75. The zero-order valence-electron chi connectivity index (χ0n) is 14.4. The van der Waals surface area contributed by atoms with Gasteiger partial charge in [0.15, 0.2) is 9.84 Å². The fourth-order valence-corrected chi connectivity index (χ4v) is 4.94. The maximum absolute atomic E-state index is 12.5. The average Bonchev–Trinajstić information content (AvgIpc) is 3.21. The lowest BCUT2D eigenvalue weighted by molar-refractivity contribution is -0.132. The molecule has 1 aliphatic heterocycles. The van der Waals surface area contributed by atoms with Crippen LogP contribution in [0.5, 0.6) is 0 Å². The molecular formula is C17H20ClN3O4S. The van der Waals surface area contributed by atoms with Crippen molar-refractivity contribution in [1.29, 1.82) is 0 Å². The Bertz CT molecular complexity index is 880. The van der Waals surface area contributed by atoms with E-state index in [9.17, 15) is 13.2 Å². The number of rotatable bonds is 6. The summed E-state index contributed by atoms with van der Waals surface area (Å²) in [5.41, 5.74) is 0.755. The number of hydrogen-bond acceptors (Lipinski definition) is 6. The van der Waals surface area contributed by atoms with Gasteiger partial charge in [-0.15, -0.1) is 10.2 Å². The highest BCUT2D eigenvalue weighted by molar-refractivity contribution is 7.91. The minimum atomic E-state index is -3.03. The third-order valence-corrected chi connectivity index (χ3v) is 6.42. The highest BCUT2D eigenvalue weighted by atomic mass is 35.5. The van der Waals surface area contributed by atoms with Crippen LogP contribution in [0.2, 0.25) is 5.02 Å². The highest BCUT2D eigenvalue weighted by Gasteiger charge is 2.33. The predicted molar refractivity (Wildman–Crippen MR) is 97.5 cm³/mol. The van der Waals surface area contributed by atoms with Crippen molar-refractivity contribution < 1.29 is 17.6 Å². The summed E-state index contributed by atoms with van der Waals surface area (Å²) in [6.45, 7) is 2.34. The highest BCUT2D eigenvalue weighted by Crippen LogP contribution is 2.22. The SMILES string of the molecule is CCN(C(=O)CCc1nnc(-c2ccc(Cl)cc2)o1)C1CCS(=O)(=O)C1. The average molecular weight is 398 g/mol. The Balaban J connectivity index is 1.60. The Labute approximate surface area is 157 Å². The number of halogens is 1. The van der Waals surface area contributed by atoms with Crippen molar-refractivity contribution in [3.05, 3.63) is 35.2 Å². The molecule has 0 aliphatic carbocycles. The minimum Gasteiger partial charge on any atom is -0.421 e. The van der Waals surface area contributed by atoms with Gasteiger partial charge in [-0.2, -0.15) is 0 Å². The number of aryl methyl sites for hydroxylation is 1. The second-order valence-corrected chi connectivity index (χ2v) is 8.91. The number of carbonyl (C=O) groups excluding carboxylic acids is 1. The standard InChI is InChI=1S/C17H20ClN3O4S/c1-2-21(14-9-10-26(23,24)11-14)16(22)8-7-15-19-20-17(25-15)12-3-5-13(18)6-4-12/h3-6,14H,2,7-11H2,1H3. The summed E-state index contributed by atoms with van der Waals surface area (Å²) in [6.07, 6.45) is 1.02. The molecule has 9 heteroatoms. The van der Waals surface area contributed by atoms with Gasteiger partial charge in [-0.1, -0.05) is 11.6 Å². The molecule has 1 atom stereocenters. The number of sulfone groups is 1. The van der Waals surface area contributed by atoms with E-state index < -0.39 is 9.84 Å². The van der Waals surface area contributed by atoms with Crippen molar-refractivity contribution in [2.75, 3.05) is 18.1 Å². The second-order valence-electron chi connectivity index (χ2n) is 6.24. The summed E-state index contributed by atoms with van der Waals surface area (Å²) in [5.74, 6) is 0.848. The van der Waals surface area contributed by atoms with E-state index in [0.29, 0.717) is 36.2 Å². The van der Waals surface area contributed by atoms with E-state index in [2.05, 4.69) is 10.2 Å². The Morgan fingerprint density at radius 1 is 1.31 bits per heavy atom. The molecule has 1 amide bonds. The molecule has 140 valence electrons. The van der Waals surface area contributed by atoms with Crippen molar-refractivity contribution in [2.24, 2.45) is 0 Å². The fraction of sp³-hybridized carbons (Fsp3) is 0.471. The molecule has 0 bridgehead atoms. The lowest BCUT2D eigenvalue weighted by Gasteiger charge is -2.26. The molecule has 1 fully saturated rings. The molecule has 0 radical (unpaired) electrons. The van der Waals surface area contributed by atoms with Gasteiger partial charge in [-0.05, 0) is 37.6 Å². The van der Waals surface area contributed by atoms with E-state index in [1.54, 1.807) is 29.2 Å². The number of nitrogens with zero attached hydrogens (tertiary/aromatic N) is 3. The van der Waals surface area contributed by atoms with Gasteiger partial charge in [0.1, 0.15) is 0 Å². The largest absolute Gasteiger partial charge is 0.421 e. The van der Waals surface area contributed by atoms with Gasteiger partial charge in [0.05, 0.1) is 11.5 Å². The van der Waals surface area contributed by atoms with Crippen molar-refractivity contribution in [1.82, 2.24) is 15.1 Å². The van der Waals surface area contributed by atoms with Crippen LogP contribution in [0.1, 0.15) is 25.7 Å². The van der Waals surface area contributed by atoms with Crippen LogP contribution in [0.4, 0.5) is 0 Å². The zero-order valence-corrected chi connectivity index (χ0v) is 16.0. The van der Waals surface area contributed by atoms with Gasteiger partial charge >= 0.3 is 0 Å². The van der Waals surface area contributed by atoms with Crippen LogP contribution in [0.3, 0.4) is 0 Å². The number of carbonyl (C=O) groups is 1. The maximum atomic E-state index is 12.5. The Morgan fingerprint density at radius 3 is 2.65 bits per heavy atom. The molecule has 1 aromatic carbocycles. The summed E-state index contributed by atoms with van der Waals surface area (Å²) in [7, 11) is -3.03. The first-order chi connectivity index (χ1) is 12.4. The maximum Gasteiger partial charge on any atom is 0.247 e. The third-order valence-electron chi connectivity index (χ3n) is 4.42. The van der Waals surface area contributed by atoms with E-state index in [4.69, 9.17) is 16.0 Å². The molecule has 3 rings (SSSR count). The van der Waals surface area contributed by atoms with Crippen molar-refractivity contribution in [3.8, 4) is 11.5 Å². The quantitative estimate of drug-likeness (QED) is 0.742. The Kier molecular flexibility index (Phi) is 5.62. The number of hydrogen-bond donors (Lipinski definition) is 0. The molecular weight excluding hydrogens is 378 g/mol. The van der Waals surface area contributed by atoms with Gasteiger partial charge < -0.3 is 9.32 Å². The monoisotopic (exact) mass is 397 g/mol. The Morgan fingerprint density at radius 2 is 2.04 bits per heavy atom.